The smallest absolute Gasteiger partial charge is 0.190 e. The molecule has 0 aromatic heterocycles. The fraction of sp³-hybridized carbons (Fsp3) is 0.850. The number of hydrogen-bond acceptors (Lipinski definition) is 2. The number of ether oxygens (including phenoxy) is 1. The zero-order valence-corrected chi connectivity index (χ0v) is 14.7. The van der Waals surface area contributed by atoms with Gasteiger partial charge >= 0.3 is 0 Å². The summed E-state index contributed by atoms with van der Waals surface area (Å²) in [6.07, 6.45) is 7.86. The van der Waals surface area contributed by atoms with Crippen LogP contribution in [0.2, 0.25) is 0 Å². The van der Waals surface area contributed by atoms with E-state index in [1.54, 1.807) is 0 Å². The molecule has 0 radical (unpaired) electrons. The van der Waals surface area contributed by atoms with Gasteiger partial charge in [-0.05, 0) is 75.2 Å². The first kappa shape index (κ1) is 14.9. The summed E-state index contributed by atoms with van der Waals surface area (Å²) in [6.45, 7) is 11.6. The summed E-state index contributed by atoms with van der Waals surface area (Å²) >= 11 is 0. The van der Waals surface area contributed by atoms with Crippen LogP contribution >= 0.6 is 0 Å². The minimum absolute atomic E-state index is 0.174. The topological polar surface area (TPSA) is 29.6 Å². The summed E-state index contributed by atoms with van der Waals surface area (Å²) in [6, 6.07) is 0. The molecule has 0 N–H and O–H groups in total. The highest BCUT2D eigenvalue weighted by atomic mass is 16.6. The molecule has 4 aliphatic rings. The number of hydrogen-bond donors (Lipinski definition) is 0. The van der Waals surface area contributed by atoms with Gasteiger partial charge in [-0.3, -0.25) is 4.79 Å². The maximum atomic E-state index is 13.0. The molecular formula is C20H30O2. The van der Waals surface area contributed by atoms with Crippen molar-refractivity contribution in [2.45, 2.75) is 77.9 Å². The molecule has 1 heterocycles. The Morgan fingerprint density at radius 2 is 1.95 bits per heavy atom. The molecule has 0 bridgehead atoms. The Balaban J connectivity index is 1.83. The van der Waals surface area contributed by atoms with Gasteiger partial charge < -0.3 is 4.74 Å². The standard InChI is InChI=1S/C20H30O2/c1-12(2)14-6-8-18(4)15(14)10-13(3)11-17(21)20-16(18)7-9-19(20,5)22-20/h11-12,14-16H,6-10H2,1-5H3/b13-11-/t14-,15-,16?,18+,19-,20-/m0/s1. The van der Waals surface area contributed by atoms with E-state index in [0.717, 1.165) is 24.7 Å². The van der Waals surface area contributed by atoms with Crippen LogP contribution in [0.25, 0.3) is 0 Å². The van der Waals surface area contributed by atoms with E-state index in [2.05, 4.69) is 34.6 Å². The van der Waals surface area contributed by atoms with Crippen LogP contribution in [0.5, 0.6) is 0 Å². The van der Waals surface area contributed by atoms with Crippen molar-refractivity contribution in [3.05, 3.63) is 11.6 Å². The molecule has 0 aromatic carbocycles. The second kappa shape index (κ2) is 4.26. The fourth-order valence-corrected chi connectivity index (χ4v) is 6.61. The lowest BCUT2D eigenvalue weighted by molar-refractivity contribution is -0.124. The van der Waals surface area contributed by atoms with Gasteiger partial charge in [-0.15, -0.1) is 0 Å². The summed E-state index contributed by atoms with van der Waals surface area (Å²) in [5.41, 5.74) is 0.889. The van der Waals surface area contributed by atoms with Gasteiger partial charge in [0.25, 0.3) is 0 Å². The van der Waals surface area contributed by atoms with Crippen molar-refractivity contribution < 1.29 is 9.53 Å². The maximum Gasteiger partial charge on any atom is 0.190 e. The zero-order valence-electron chi connectivity index (χ0n) is 14.7. The largest absolute Gasteiger partial charge is 0.354 e. The Bertz CT molecular complexity index is 562. The molecule has 22 heavy (non-hydrogen) atoms. The van der Waals surface area contributed by atoms with Crippen molar-refractivity contribution in [3.8, 4) is 0 Å². The minimum atomic E-state index is -0.479. The van der Waals surface area contributed by atoms with E-state index in [-0.39, 0.29) is 16.8 Å². The van der Waals surface area contributed by atoms with Gasteiger partial charge in [-0.2, -0.15) is 0 Å². The number of carbonyl (C=O) groups is 1. The SMILES string of the molecule is C/C1=C/C(=O)[C@]23O[C@@]2(C)CCC3[C@]2(C)CC[C@@H](C(C)C)[C@@H]2C1. The van der Waals surface area contributed by atoms with Crippen molar-refractivity contribution in [1.82, 2.24) is 0 Å². The van der Waals surface area contributed by atoms with Crippen molar-refractivity contribution in [2.75, 3.05) is 0 Å². The summed E-state index contributed by atoms with van der Waals surface area (Å²) in [4.78, 5) is 13.0. The molecule has 0 aromatic rings. The number of ketones is 1. The normalized spacial score (nSPS) is 55.8. The number of rotatable bonds is 1. The Labute approximate surface area is 134 Å². The second-order valence-electron chi connectivity index (χ2n) is 9.28. The van der Waals surface area contributed by atoms with E-state index in [0.29, 0.717) is 11.8 Å². The molecule has 2 saturated carbocycles. The lowest BCUT2D eigenvalue weighted by Crippen LogP contribution is -2.46. The number of fused-ring (bicyclic) bond motifs is 2. The van der Waals surface area contributed by atoms with E-state index in [9.17, 15) is 4.79 Å². The molecule has 122 valence electrons. The summed E-state index contributed by atoms with van der Waals surface area (Å²) in [7, 11) is 0. The van der Waals surface area contributed by atoms with Crippen LogP contribution in [0, 0.1) is 29.1 Å². The molecule has 0 amide bonds. The number of epoxide rings is 1. The molecule has 1 spiro atoms. The van der Waals surface area contributed by atoms with E-state index < -0.39 is 5.60 Å². The molecule has 4 rings (SSSR count). The Hall–Kier alpha value is -0.630. The van der Waals surface area contributed by atoms with Crippen LogP contribution in [-0.4, -0.2) is 17.0 Å². The van der Waals surface area contributed by atoms with Gasteiger partial charge in [0.2, 0.25) is 0 Å². The predicted molar refractivity (Wildman–Crippen MR) is 87.5 cm³/mol. The molecule has 6 atom stereocenters. The van der Waals surface area contributed by atoms with Crippen molar-refractivity contribution >= 4 is 5.78 Å². The predicted octanol–water partition coefficient (Wildman–Crippen LogP) is 4.53. The van der Waals surface area contributed by atoms with Crippen LogP contribution in [-0.2, 0) is 9.53 Å². The average molecular weight is 302 g/mol. The lowest BCUT2D eigenvalue weighted by atomic mass is 9.59. The average Bonchev–Trinajstić information content (AvgIpc) is 2.74. The molecule has 3 fully saturated rings. The third-order valence-electron chi connectivity index (χ3n) is 7.85. The van der Waals surface area contributed by atoms with Gasteiger partial charge in [0.1, 0.15) is 5.60 Å². The first-order valence-electron chi connectivity index (χ1n) is 9.16. The van der Waals surface area contributed by atoms with Crippen LogP contribution in [0.15, 0.2) is 11.6 Å². The quantitative estimate of drug-likeness (QED) is 0.666. The van der Waals surface area contributed by atoms with Crippen LogP contribution in [0.1, 0.15) is 66.7 Å². The summed E-state index contributed by atoms with van der Waals surface area (Å²) in [5.74, 6) is 2.94. The number of allylic oxidation sites excluding steroid dienone is 1. The maximum absolute atomic E-state index is 13.0. The molecule has 1 saturated heterocycles. The van der Waals surface area contributed by atoms with Crippen molar-refractivity contribution in [3.63, 3.8) is 0 Å². The molecule has 2 nitrogen and oxygen atoms in total. The highest BCUT2D eigenvalue weighted by Gasteiger charge is 2.80. The monoisotopic (exact) mass is 302 g/mol. The molecule has 1 aliphatic heterocycles. The molecule has 3 aliphatic carbocycles. The van der Waals surface area contributed by atoms with E-state index in [1.807, 2.05) is 6.08 Å². The lowest BCUT2D eigenvalue weighted by Gasteiger charge is -2.44. The Morgan fingerprint density at radius 3 is 2.59 bits per heavy atom. The second-order valence-corrected chi connectivity index (χ2v) is 9.28. The third kappa shape index (κ3) is 1.58. The van der Waals surface area contributed by atoms with Gasteiger partial charge in [-0.25, -0.2) is 0 Å². The van der Waals surface area contributed by atoms with Gasteiger partial charge in [-0.1, -0.05) is 26.3 Å². The Kier molecular flexibility index (Phi) is 2.89. The first-order valence-corrected chi connectivity index (χ1v) is 9.16. The van der Waals surface area contributed by atoms with E-state index in [4.69, 9.17) is 4.74 Å². The van der Waals surface area contributed by atoms with Crippen LogP contribution < -0.4 is 0 Å². The highest BCUT2D eigenvalue weighted by molar-refractivity contribution is 6.02. The summed E-state index contributed by atoms with van der Waals surface area (Å²) in [5, 5.41) is 0. The van der Waals surface area contributed by atoms with Gasteiger partial charge in [0.15, 0.2) is 11.4 Å². The van der Waals surface area contributed by atoms with Crippen molar-refractivity contribution in [2.24, 2.45) is 29.1 Å². The number of carbonyl (C=O) groups excluding carboxylic acids is 1. The van der Waals surface area contributed by atoms with E-state index in [1.165, 1.54) is 24.8 Å². The summed E-state index contributed by atoms with van der Waals surface area (Å²) < 4.78 is 6.20. The minimum Gasteiger partial charge on any atom is -0.354 e. The third-order valence-corrected chi connectivity index (χ3v) is 7.85. The zero-order chi connectivity index (χ0) is 15.9. The molecular weight excluding hydrogens is 272 g/mol. The molecule has 2 heteroatoms. The van der Waals surface area contributed by atoms with Crippen LogP contribution in [0.4, 0.5) is 0 Å². The highest BCUT2D eigenvalue weighted by Crippen LogP contribution is 2.72. The Morgan fingerprint density at radius 1 is 1.23 bits per heavy atom. The fourth-order valence-electron chi connectivity index (χ4n) is 6.61. The van der Waals surface area contributed by atoms with Crippen LogP contribution in [0.3, 0.4) is 0 Å². The van der Waals surface area contributed by atoms with E-state index >= 15 is 0 Å². The van der Waals surface area contributed by atoms with Gasteiger partial charge in [0.05, 0.1) is 0 Å². The molecule has 1 unspecified atom stereocenters. The first-order chi connectivity index (χ1) is 10.2. The van der Waals surface area contributed by atoms with Crippen molar-refractivity contribution in [1.29, 1.82) is 0 Å². The van der Waals surface area contributed by atoms with Gasteiger partial charge in [0, 0.05) is 5.92 Å².